The third kappa shape index (κ3) is 69.8. The first-order chi connectivity index (χ1) is 6.64. The fourth-order valence-corrected chi connectivity index (χ4v) is 0. The Kier molecular flexibility index (Phi) is 15.7. The van der Waals surface area contributed by atoms with Crippen molar-refractivity contribution >= 4 is 12.3 Å². The van der Waals surface area contributed by atoms with E-state index < -0.39 is 5.97 Å². The van der Waals surface area contributed by atoms with E-state index in [9.17, 15) is 9.59 Å². The van der Waals surface area contributed by atoms with E-state index in [0.717, 1.165) is 6.29 Å². The Hall–Kier alpha value is -1.64. The zero-order valence-electron chi connectivity index (χ0n) is 9.96. The van der Waals surface area contributed by atoms with E-state index in [4.69, 9.17) is 5.11 Å². The normalized spacial score (nSPS) is 6.93. The molecule has 0 unspecified atom stereocenters. The Morgan fingerprint density at radius 1 is 1.07 bits per heavy atom. The Labute approximate surface area is 91.8 Å². The van der Waals surface area contributed by atoms with Crippen molar-refractivity contribution < 1.29 is 14.7 Å². The summed E-state index contributed by atoms with van der Waals surface area (Å²) in [5.74, 6) is -0.935. The highest BCUT2D eigenvalue weighted by Crippen LogP contribution is 1.81. The molecule has 3 heteroatoms. The van der Waals surface area contributed by atoms with Gasteiger partial charge < -0.3 is 5.11 Å². The van der Waals surface area contributed by atoms with Crippen LogP contribution in [0, 0.1) is 0 Å². The van der Waals surface area contributed by atoms with Crippen LogP contribution < -0.4 is 0 Å². The van der Waals surface area contributed by atoms with Crippen molar-refractivity contribution in [1.29, 1.82) is 0 Å². The average Bonchev–Trinajstić information content (AvgIpc) is 2.04. The van der Waals surface area contributed by atoms with Crippen LogP contribution in [0.2, 0.25) is 0 Å². The lowest BCUT2D eigenvalue weighted by molar-refractivity contribution is -0.132. The average molecular weight is 212 g/mol. The summed E-state index contributed by atoms with van der Waals surface area (Å²) in [6, 6.07) is 0. The Bertz CT molecular complexity index is 234. The Morgan fingerprint density at radius 3 is 1.20 bits per heavy atom. The minimum Gasteiger partial charge on any atom is -0.478 e. The van der Waals surface area contributed by atoms with Crippen LogP contribution in [-0.2, 0) is 9.59 Å². The number of hydrogen-bond acceptors (Lipinski definition) is 2. The predicted octanol–water partition coefficient (Wildman–Crippen LogP) is 2.99. The molecule has 0 bridgehead atoms. The molecule has 86 valence electrons. The summed E-state index contributed by atoms with van der Waals surface area (Å²) in [5.41, 5.74) is 1.92. The molecule has 15 heavy (non-hydrogen) atoms. The highest BCUT2D eigenvalue weighted by molar-refractivity contribution is 5.84. The van der Waals surface area contributed by atoms with Crippen LogP contribution in [0.15, 0.2) is 36.5 Å². The molecule has 0 aromatic rings. The molecule has 0 aliphatic rings. The van der Waals surface area contributed by atoms with Crippen molar-refractivity contribution in [1.82, 2.24) is 0 Å². The van der Waals surface area contributed by atoms with Gasteiger partial charge in [0.15, 0.2) is 0 Å². The van der Waals surface area contributed by atoms with Crippen molar-refractivity contribution in [2.45, 2.75) is 27.7 Å². The maximum atomic E-state index is 9.60. The van der Waals surface area contributed by atoms with Gasteiger partial charge in [0.05, 0.1) is 0 Å². The molecular weight excluding hydrogens is 192 g/mol. The lowest BCUT2D eigenvalue weighted by Crippen LogP contribution is -1.92. The van der Waals surface area contributed by atoms with E-state index in [2.05, 4.69) is 19.7 Å². The molecule has 0 saturated carbocycles. The van der Waals surface area contributed by atoms with E-state index in [1.54, 1.807) is 6.92 Å². The molecule has 0 aliphatic carbocycles. The maximum Gasteiger partial charge on any atom is 0.330 e. The molecule has 0 atom stereocenters. The van der Waals surface area contributed by atoms with Crippen LogP contribution in [0.4, 0.5) is 0 Å². The van der Waals surface area contributed by atoms with Gasteiger partial charge in [-0.25, -0.2) is 4.79 Å². The monoisotopic (exact) mass is 212 g/mol. The van der Waals surface area contributed by atoms with Crippen LogP contribution in [0.3, 0.4) is 0 Å². The quantitative estimate of drug-likeness (QED) is 0.435. The molecule has 0 saturated heterocycles. The summed E-state index contributed by atoms with van der Waals surface area (Å²) in [5, 5.41) is 7.89. The second-order valence-electron chi connectivity index (χ2n) is 3.26. The fraction of sp³-hybridized carbons (Fsp3) is 0.333. The zero-order chi connectivity index (χ0) is 13.0. The fourth-order valence-electron chi connectivity index (χ4n) is 0. The summed E-state index contributed by atoms with van der Waals surface area (Å²) in [6.45, 7) is 17.1. The number of carbonyl (C=O) groups excluding carboxylic acids is 1. The van der Waals surface area contributed by atoms with Crippen LogP contribution >= 0.6 is 0 Å². The molecule has 0 heterocycles. The minimum atomic E-state index is -0.935. The highest BCUT2D eigenvalue weighted by Gasteiger charge is 1.90. The van der Waals surface area contributed by atoms with Gasteiger partial charge in [-0.15, -0.1) is 6.58 Å². The van der Waals surface area contributed by atoms with Gasteiger partial charge >= 0.3 is 5.97 Å². The lowest BCUT2D eigenvalue weighted by atomic mass is 10.4. The van der Waals surface area contributed by atoms with E-state index in [1.165, 1.54) is 12.5 Å². The SMILES string of the molecule is C=C(C)C.C=C(C)C(=O)O.C=C(C)C=O. The highest BCUT2D eigenvalue weighted by atomic mass is 16.4. The molecule has 0 aromatic carbocycles. The second-order valence-corrected chi connectivity index (χ2v) is 3.26. The number of carboxylic acid groups (broad SMARTS) is 1. The topological polar surface area (TPSA) is 54.4 Å². The van der Waals surface area contributed by atoms with Crippen LogP contribution in [0.1, 0.15) is 27.7 Å². The molecule has 0 aromatic heterocycles. The van der Waals surface area contributed by atoms with Crippen molar-refractivity contribution in [2.75, 3.05) is 0 Å². The van der Waals surface area contributed by atoms with Gasteiger partial charge in [-0.1, -0.05) is 18.7 Å². The smallest absolute Gasteiger partial charge is 0.330 e. The third-order valence-corrected chi connectivity index (χ3v) is 0.566. The number of allylic oxidation sites excluding steroid dienone is 2. The zero-order valence-corrected chi connectivity index (χ0v) is 9.96. The van der Waals surface area contributed by atoms with Gasteiger partial charge in [-0.3, -0.25) is 4.79 Å². The number of carboxylic acids is 1. The molecule has 0 spiro atoms. The molecule has 0 aliphatic heterocycles. The number of aliphatic carboxylic acids is 1. The van der Waals surface area contributed by atoms with Crippen LogP contribution in [0.25, 0.3) is 0 Å². The second kappa shape index (κ2) is 12.4. The van der Waals surface area contributed by atoms with Gasteiger partial charge in [0.1, 0.15) is 6.29 Å². The van der Waals surface area contributed by atoms with Crippen LogP contribution in [-0.4, -0.2) is 17.4 Å². The molecular formula is C12H20O3. The first-order valence-corrected chi connectivity index (χ1v) is 4.26. The Morgan fingerprint density at radius 2 is 1.20 bits per heavy atom. The van der Waals surface area contributed by atoms with E-state index >= 15 is 0 Å². The van der Waals surface area contributed by atoms with Crippen molar-refractivity contribution in [3.05, 3.63) is 36.5 Å². The maximum absolute atomic E-state index is 9.60. The van der Waals surface area contributed by atoms with E-state index in [1.807, 2.05) is 13.8 Å². The van der Waals surface area contributed by atoms with Gasteiger partial charge in [-0.05, 0) is 33.3 Å². The number of carbonyl (C=O) groups is 2. The lowest BCUT2D eigenvalue weighted by Gasteiger charge is -1.79. The summed E-state index contributed by atoms with van der Waals surface area (Å²) >= 11 is 0. The standard InChI is InChI=1S/C4H6O2.C4H6O.C4H8/c1-3(2)4(5)6;1-4(2)3-5;1-4(2)3/h1H2,2H3,(H,5,6);3H,1H2,2H3;1H2,2-3H3. The van der Waals surface area contributed by atoms with Gasteiger partial charge in [-0.2, -0.15) is 0 Å². The van der Waals surface area contributed by atoms with Crippen LogP contribution in [0.5, 0.6) is 0 Å². The molecule has 0 amide bonds. The summed E-state index contributed by atoms with van der Waals surface area (Å²) in [4.78, 5) is 19.0. The largest absolute Gasteiger partial charge is 0.478 e. The third-order valence-electron chi connectivity index (χ3n) is 0.566. The molecule has 0 rings (SSSR count). The predicted molar refractivity (Wildman–Crippen MR) is 63.8 cm³/mol. The van der Waals surface area contributed by atoms with Gasteiger partial charge in [0.25, 0.3) is 0 Å². The molecule has 0 radical (unpaired) electrons. The van der Waals surface area contributed by atoms with Crippen molar-refractivity contribution in [2.24, 2.45) is 0 Å². The number of hydrogen-bond donors (Lipinski definition) is 1. The Balaban J connectivity index is -0.000000147. The molecule has 3 nitrogen and oxygen atoms in total. The number of rotatable bonds is 2. The molecule has 0 fully saturated rings. The summed E-state index contributed by atoms with van der Waals surface area (Å²) in [6.07, 6.45) is 0.722. The summed E-state index contributed by atoms with van der Waals surface area (Å²) in [7, 11) is 0. The van der Waals surface area contributed by atoms with Crippen molar-refractivity contribution in [3.8, 4) is 0 Å². The number of aldehydes is 1. The first kappa shape index (κ1) is 19.0. The van der Waals surface area contributed by atoms with E-state index in [-0.39, 0.29) is 5.57 Å². The van der Waals surface area contributed by atoms with Gasteiger partial charge in [0, 0.05) is 5.57 Å². The molecule has 1 N–H and O–H groups in total. The first-order valence-electron chi connectivity index (χ1n) is 4.26. The van der Waals surface area contributed by atoms with Crippen molar-refractivity contribution in [3.63, 3.8) is 0 Å². The minimum absolute atomic E-state index is 0.176. The summed E-state index contributed by atoms with van der Waals surface area (Å²) < 4.78 is 0. The van der Waals surface area contributed by atoms with Gasteiger partial charge in [0.2, 0.25) is 0 Å². The van der Waals surface area contributed by atoms with E-state index in [0.29, 0.717) is 5.57 Å².